The van der Waals surface area contributed by atoms with Gasteiger partial charge in [0.15, 0.2) is 11.0 Å². The minimum Gasteiger partial charge on any atom is -0.484 e. The molecule has 0 bridgehead atoms. The Kier molecular flexibility index (Phi) is 7.88. The fourth-order valence-electron chi connectivity index (χ4n) is 2.61. The number of aromatic nitrogens is 3. The van der Waals surface area contributed by atoms with Crippen molar-refractivity contribution in [1.29, 1.82) is 0 Å². The highest BCUT2D eigenvalue weighted by molar-refractivity contribution is 7.99. The van der Waals surface area contributed by atoms with Crippen LogP contribution in [0.25, 0.3) is 0 Å². The van der Waals surface area contributed by atoms with E-state index in [1.54, 1.807) is 24.3 Å². The Morgan fingerprint density at radius 1 is 1.10 bits per heavy atom. The number of nitrogens with one attached hydrogen (secondary N) is 1. The van der Waals surface area contributed by atoms with Crippen molar-refractivity contribution in [2.45, 2.75) is 32.2 Å². The lowest BCUT2D eigenvalue weighted by atomic mass is 10.2. The first-order valence-electron chi connectivity index (χ1n) is 9.06. The molecule has 158 valence electrons. The Labute approximate surface area is 193 Å². The van der Waals surface area contributed by atoms with E-state index in [9.17, 15) is 4.79 Å². The third-order valence-corrected chi connectivity index (χ3v) is 6.11. The van der Waals surface area contributed by atoms with Gasteiger partial charge in [0.25, 0.3) is 0 Å². The van der Waals surface area contributed by atoms with Crippen molar-refractivity contribution in [3.63, 3.8) is 0 Å². The number of thioether (sulfide) groups is 1. The largest absolute Gasteiger partial charge is 0.484 e. The first-order valence-corrected chi connectivity index (χ1v) is 11.2. The van der Waals surface area contributed by atoms with Crippen molar-refractivity contribution in [3.8, 4) is 5.75 Å². The predicted octanol–water partition coefficient (Wildman–Crippen LogP) is 5.88. The zero-order valence-corrected chi connectivity index (χ0v) is 19.4. The van der Waals surface area contributed by atoms with Crippen molar-refractivity contribution in [3.05, 3.63) is 62.9 Å². The highest BCUT2D eigenvalue weighted by atomic mass is 35.5. The second kappa shape index (κ2) is 10.4. The van der Waals surface area contributed by atoms with Crippen LogP contribution in [0.1, 0.15) is 18.3 Å². The van der Waals surface area contributed by atoms with Crippen molar-refractivity contribution in [2.75, 3.05) is 11.1 Å². The summed E-state index contributed by atoms with van der Waals surface area (Å²) in [4.78, 5) is 12.3. The minimum absolute atomic E-state index is 0.170. The van der Waals surface area contributed by atoms with Gasteiger partial charge in [-0.3, -0.25) is 4.79 Å². The Balaban J connectivity index is 1.60. The van der Waals surface area contributed by atoms with Crippen molar-refractivity contribution in [1.82, 2.24) is 14.8 Å². The molecule has 10 heteroatoms. The zero-order chi connectivity index (χ0) is 21.7. The number of rotatable bonds is 8. The third-order valence-electron chi connectivity index (χ3n) is 4.09. The summed E-state index contributed by atoms with van der Waals surface area (Å²) in [6.45, 7) is 4.81. The van der Waals surface area contributed by atoms with Gasteiger partial charge in [-0.05, 0) is 49.7 Å². The number of hydrogen-bond donors (Lipinski definition) is 1. The maximum absolute atomic E-state index is 12.3. The Hall–Kier alpha value is -1.93. The van der Waals surface area contributed by atoms with Gasteiger partial charge in [0.1, 0.15) is 12.4 Å². The molecule has 0 atom stereocenters. The summed E-state index contributed by atoms with van der Waals surface area (Å²) in [6, 6.07) is 10.5. The Bertz CT molecular complexity index is 1060. The van der Waals surface area contributed by atoms with Crippen LogP contribution in [0.3, 0.4) is 0 Å². The van der Waals surface area contributed by atoms with E-state index in [4.69, 9.17) is 39.5 Å². The lowest BCUT2D eigenvalue weighted by molar-refractivity contribution is -0.113. The van der Waals surface area contributed by atoms with Crippen LogP contribution in [0.4, 0.5) is 5.69 Å². The Morgan fingerprint density at radius 2 is 1.87 bits per heavy atom. The van der Waals surface area contributed by atoms with Crippen LogP contribution in [0.2, 0.25) is 15.1 Å². The van der Waals surface area contributed by atoms with Crippen LogP contribution in [0.15, 0.2) is 41.6 Å². The number of carbonyl (C=O) groups is 1. The van der Waals surface area contributed by atoms with E-state index in [1.807, 2.05) is 30.5 Å². The third kappa shape index (κ3) is 5.82. The van der Waals surface area contributed by atoms with E-state index in [-0.39, 0.29) is 18.3 Å². The molecule has 0 saturated heterocycles. The molecule has 1 aromatic heterocycles. The van der Waals surface area contributed by atoms with Gasteiger partial charge in [-0.25, -0.2) is 0 Å². The topological polar surface area (TPSA) is 69.0 Å². The maximum Gasteiger partial charge on any atom is 0.234 e. The van der Waals surface area contributed by atoms with Crippen LogP contribution in [0, 0.1) is 6.92 Å². The SMILES string of the molecule is CCn1c(COc2cc(C)ccc2Cl)nnc1SCC(=O)Nc1ccc(Cl)c(Cl)c1. The molecule has 3 rings (SSSR count). The lowest BCUT2D eigenvalue weighted by Crippen LogP contribution is -2.15. The second-order valence-corrected chi connectivity index (χ2v) is 8.50. The monoisotopic (exact) mass is 484 g/mol. The number of nitrogens with zero attached hydrogens (tertiary/aromatic N) is 3. The van der Waals surface area contributed by atoms with Crippen LogP contribution in [0.5, 0.6) is 5.75 Å². The van der Waals surface area contributed by atoms with Gasteiger partial charge >= 0.3 is 0 Å². The van der Waals surface area contributed by atoms with Gasteiger partial charge in [0, 0.05) is 12.2 Å². The standard InChI is InChI=1S/C20H19Cl3N4O2S/c1-3-27-18(10-29-17-8-12(2)4-6-15(17)22)25-26-20(27)30-11-19(28)24-13-5-7-14(21)16(23)9-13/h4-9H,3,10-11H2,1-2H3,(H,24,28). The number of hydrogen-bond acceptors (Lipinski definition) is 5. The van der Waals surface area contributed by atoms with Gasteiger partial charge in [-0.2, -0.15) is 0 Å². The molecule has 0 radical (unpaired) electrons. The molecule has 30 heavy (non-hydrogen) atoms. The molecule has 0 fully saturated rings. The minimum atomic E-state index is -0.187. The number of carbonyl (C=O) groups excluding carboxylic acids is 1. The van der Waals surface area contributed by atoms with Gasteiger partial charge in [0.2, 0.25) is 5.91 Å². The molecule has 0 spiro atoms. The van der Waals surface area contributed by atoms with Gasteiger partial charge in [0.05, 0.1) is 20.8 Å². The molecular formula is C20H19Cl3N4O2S. The van der Waals surface area contributed by atoms with Crippen LogP contribution in [-0.4, -0.2) is 26.4 Å². The average molecular weight is 486 g/mol. The summed E-state index contributed by atoms with van der Waals surface area (Å²) < 4.78 is 7.72. The zero-order valence-electron chi connectivity index (χ0n) is 16.3. The van der Waals surface area contributed by atoms with E-state index >= 15 is 0 Å². The van der Waals surface area contributed by atoms with Crippen molar-refractivity contribution >= 4 is 58.2 Å². The molecule has 1 N–H and O–H groups in total. The van der Waals surface area contributed by atoms with E-state index in [2.05, 4.69) is 15.5 Å². The summed E-state index contributed by atoms with van der Waals surface area (Å²) >= 11 is 19.3. The fraction of sp³-hybridized carbons (Fsp3) is 0.250. The number of benzene rings is 2. The summed E-state index contributed by atoms with van der Waals surface area (Å²) in [5, 5.41) is 13.2. The average Bonchev–Trinajstić information content (AvgIpc) is 3.11. The van der Waals surface area contributed by atoms with Gasteiger partial charge in [-0.1, -0.05) is 52.6 Å². The molecule has 6 nitrogen and oxygen atoms in total. The predicted molar refractivity (Wildman–Crippen MR) is 122 cm³/mol. The number of amides is 1. The molecule has 0 saturated carbocycles. The maximum atomic E-state index is 12.3. The number of anilines is 1. The number of halogens is 3. The second-order valence-electron chi connectivity index (χ2n) is 6.33. The van der Waals surface area contributed by atoms with Crippen LogP contribution < -0.4 is 10.1 Å². The molecule has 0 aliphatic heterocycles. The Morgan fingerprint density at radius 3 is 2.60 bits per heavy atom. The van der Waals surface area contributed by atoms with E-state index in [0.29, 0.717) is 44.0 Å². The van der Waals surface area contributed by atoms with E-state index in [0.717, 1.165) is 5.56 Å². The molecule has 1 heterocycles. The summed E-state index contributed by atoms with van der Waals surface area (Å²) in [7, 11) is 0. The van der Waals surface area contributed by atoms with Crippen LogP contribution in [-0.2, 0) is 17.9 Å². The highest BCUT2D eigenvalue weighted by Crippen LogP contribution is 2.27. The summed E-state index contributed by atoms with van der Waals surface area (Å²) in [6.07, 6.45) is 0. The molecule has 2 aromatic carbocycles. The quantitative estimate of drug-likeness (QED) is 0.404. The summed E-state index contributed by atoms with van der Waals surface area (Å²) in [5.41, 5.74) is 1.63. The first kappa shape index (κ1) is 22.7. The number of ether oxygens (including phenoxy) is 1. The fourth-order valence-corrected chi connectivity index (χ4v) is 3.91. The number of aryl methyl sites for hydroxylation is 1. The molecule has 0 unspecified atom stereocenters. The summed E-state index contributed by atoms with van der Waals surface area (Å²) in [5.74, 6) is 1.23. The molecule has 0 aliphatic rings. The van der Waals surface area contributed by atoms with Crippen molar-refractivity contribution < 1.29 is 9.53 Å². The molecule has 1 amide bonds. The van der Waals surface area contributed by atoms with Gasteiger partial charge in [-0.15, -0.1) is 10.2 Å². The first-order chi connectivity index (χ1) is 14.4. The smallest absolute Gasteiger partial charge is 0.234 e. The van der Waals surface area contributed by atoms with E-state index in [1.165, 1.54) is 11.8 Å². The normalized spacial score (nSPS) is 10.8. The van der Waals surface area contributed by atoms with Crippen LogP contribution >= 0.6 is 46.6 Å². The highest BCUT2D eigenvalue weighted by Gasteiger charge is 2.15. The van der Waals surface area contributed by atoms with Crippen molar-refractivity contribution in [2.24, 2.45) is 0 Å². The molecule has 0 aliphatic carbocycles. The lowest BCUT2D eigenvalue weighted by Gasteiger charge is -2.10. The van der Waals surface area contributed by atoms with E-state index < -0.39 is 0 Å². The van der Waals surface area contributed by atoms with Gasteiger partial charge < -0.3 is 14.6 Å². The molecular weight excluding hydrogens is 467 g/mol. The molecule has 3 aromatic rings.